The molecular formula is C24H35N3O3. The molecule has 1 aliphatic carbocycles. The van der Waals surface area contributed by atoms with Gasteiger partial charge in [-0.15, -0.1) is 0 Å². The number of benzene rings is 1. The van der Waals surface area contributed by atoms with E-state index < -0.39 is 5.54 Å². The number of hydrogen-bond donors (Lipinski definition) is 2. The van der Waals surface area contributed by atoms with Crippen molar-refractivity contribution in [3.05, 3.63) is 35.9 Å². The summed E-state index contributed by atoms with van der Waals surface area (Å²) in [5, 5.41) is 6.93. The van der Waals surface area contributed by atoms with Gasteiger partial charge in [-0.2, -0.15) is 0 Å². The summed E-state index contributed by atoms with van der Waals surface area (Å²) in [6.45, 7) is 7.81. The number of hydrogen-bond acceptors (Lipinski definition) is 5. The zero-order chi connectivity index (χ0) is 21.3. The van der Waals surface area contributed by atoms with E-state index in [-0.39, 0.29) is 17.9 Å². The molecule has 1 unspecified atom stereocenters. The third kappa shape index (κ3) is 3.76. The minimum Gasteiger partial charge on any atom is -0.469 e. The van der Waals surface area contributed by atoms with E-state index in [0.29, 0.717) is 36.6 Å². The first-order valence-corrected chi connectivity index (χ1v) is 11.3. The van der Waals surface area contributed by atoms with E-state index in [0.717, 1.165) is 38.0 Å². The van der Waals surface area contributed by atoms with Gasteiger partial charge < -0.3 is 15.4 Å². The van der Waals surface area contributed by atoms with E-state index in [9.17, 15) is 9.59 Å². The SMILES string of the molecule is COC(=O)CC[C@@H]1[C@@H]2CN[C@@]3(C(=O)NCc4ccccc4)C(C2)CN(CC(C)C)[C@@H]13. The van der Waals surface area contributed by atoms with E-state index in [2.05, 4.69) is 29.4 Å². The number of fused-ring (bicyclic) bond motifs is 1. The van der Waals surface area contributed by atoms with Gasteiger partial charge in [0.1, 0.15) is 5.54 Å². The second kappa shape index (κ2) is 8.67. The van der Waals surface area contributed by atoms with E-state index in [4.69, 9.17) is 4.74 Å². The number of esters is 1. The molecule has 6 heteroatoms. The molecular weight excluding hydrogens is 378 g/mol. The fourth-order valence-corrected chi connectivity index (χ4v) is 6.28. The van der Waals surface area contributed by atoms with Crippen LogP contribution in [0.5, 0.6) is 0 Å². The lowest BCUT2D eigenvalue weighted by Crippen LogP contribution is -2.76. The maximum Gasteiger partial charge on any atom is 0.305 e. The van der Waals surface area contributed by atoms with Crippen molar-refractivity contribution in [3.8, 4) is 0 Å². The molecule has 5 rings (SSSR count). The number of nitrogens with zero attached hydrogens (tertiary/aromatic N) is 1. The molecule has 2 N–H and O–H groups in total. The van der Waals surface area contributed by atoms with Gasteiger partial charge in [-0.1, -0.05) is 44.2 Å². The molecule has 3 aliphatic heterocycles. The minimum atomic E-state index is -0.556. The number of carbonyl (C=O) groups is 2. The Morgan fingerprint density at radius 1 is 1.30 bits per heavy atom. The summed E-state index contributed by atoms with van der Waals surface area (Å²) >= 11 is 0. The van der Waals surface area contributed by atoms with Crippen molar-refractivity contribution in [2.24, 2.45) is 23.7 Å². The highest BCUT2D eigenvalue weighted by molar-refractivity contribution is 5.89. The summed E-state index contributed by atoms with van der Waals surface area (Å²) in [6.07, 6.45) is 2.28. The first kappa shape index (κ1) is 21.3. The summed E-state index contributed by atoms with van der Waals surface area (Å²) in [4.78, 5) is 28.1. The van der Waals surface area contributed by atoms with Crippen molar-refractivity contribution < 1.29 is 14.3 Å². The predicted octanol–water partition coefficient (Wildman–Crippen LogP) is 2.19. The fraction of sp³-hybridized carbons (Fsp3) is 0.667. The summed E-state index contributed by atoms with van der Waals surface area (Å²) in [7, 11) is 1.45. The Kier molecular flexibility index (Phi) is 6.16. The molecule has 3 saturated heterocycles. The number of amides is 1. The van der Waals surface area contributed by atoms with Crippen molar-refractivity contribution in [1.82, 2.24) is 15.5 Å². The van der Waals surface area contributed by atoms with Crippen LogP contribution < -0.4 is 10.6 Å². The third-order valence-electron chi connectivity index (χ3n) is 7.39. The smallest absolute Gasteiger partial charge is 0.305 e. The maximum atomic E-state index is 13.7. The Morgan fingerprint density at radius 3 is 2.77 bits per heavy atom. The molecule has 1 aromatic carbocycles. The van der Waals surface area contributed by atoms with Crippen LogP contribution in [0.15, 0.2) is 30.3 Å². The maximum absolute atomic E-state index is 13.7. The van der Waals surface area contributed by atoms with Crippen LogP contribution >= 0.6 is 0 Å². The molecule has 1 saturated carbocycles. The van der Waals surface area contributed by atoms with Gasteiger partial charge in [0.15, 0.2) is 0 Å². The second-order valence-corrected chi connectivity index (χ2v) is 9.68. The highest BCUT2D eigenvalue weighted by Gasteiger charge is 2.67. The zero-order valence-electron chi connectivity index (χ0n) is 18.4. The summed E-state index contributed by atoms with van der Waals surface area (Å²) < 4.78 is 4.90. The number of nitrogens with one attached hydrogen (secondary N) is 2. The van der Waals surface area contributed by atoms with Crippen LogP contribution in [0.4, 0.5) is 0 Å². The first-order valence-electron chi connectivity index (χ1n) is 11.3. The number of carbonyl (C=O) groups excluding carboxylic acids is 2. The van der Waals surface area contributed by atoms with E-state index >= 15 is 0 Å². The van der Waals surface area contributed by atoms with Gasteiger partial charge in [0.25, 0.3) is 0 Å². The second-order valence-electron chi connectivity index (χ2n) is 9.68. The van der Waals surface area contributed by atoms with Crippen molar-refractivity contribution in [3.63, 3.8) is 0 Å². The lowest BCUT2D eigenvalue weighted by molar-refractivity contribution is -0.142. The molecule has 0 radical (unpaired) electrons. The monoisotopic (exact) mass is 413 g/mol. The number of methoxy groups -OCH3 is 1. The molecule has 3 heterocycles. The van der Waals surface area contributed by atoms with Crippen molar-refractivity contribution >= 4 is 11.9 Å². The van der Waals surface area contributed by atoms with Crippen LogP contribution in [-0.2, 0) is 20.9 Å². The van der Waals surface area contributed by atoms with Crippen LogP contribution in [0.3, 0.4) is 0 Å². The number of ether oxygens (including phenoxy) is 1. The standard InChI is InChI=1S/C24H35N3O3/c1-16(2)14-27-15-19-11-18-13-26-24(19,22(27)20(18)9-10-21(28)30-3)23(29)25-12-17-7-5-4-6-8-17/h4-8,16,18-20,22,26H,9-15H2,1-3H3,(H,25,29)/t18-,19?,20+,22-,24-/m0/s1. The average Bonchev–Trinajstić information content (AvgIpc) is 3.00. The van der Waals surface area contributed by atoms with Gasteiger partial charge in [0, 0.05) is 38.0 Å². The lowest BCUT2D eigenvalue weighted by atomic mass is 9.58. The van der Waals surface area contributed by atoms with Crippen molar-refractivity contribution in [1.29, 1.82) is 0 Å². The third-order valence-corrected chi connectivity index (χ3v) is 7.39. The molecule has 30 heavy (non-hydrogen) atoms. The topological polar surface area (TPSA) is 70.7 Å². The molecule has 1 amide bonds. The van der Waals surface area contributed by atoms with Crippen molar-refractivity contribution in [2.75, 3.05) is 26.7 Å². The quantitative estimate of drug-likeness (QED) is 0.640. The molecule has 6 nitrogen and oxygen atoms in total. The molecule has 164 valence electrons. The van der Waals surface area contributed by atoms with E-state index in [1.807, 2.05) is 30.3 Å². The summed E-state index contributed by atoms with van der Waals surface area (Å²) in [6, 6.07) is 10.2. The summed E-state index contributed by atoms with van der Waals surface area (Å²) in [5.74, 6) is 1.68. The highest BCUT2D eigenvalue weighted by Crippen LogP contribution is 2.53. The average molecular weight is 414 g/mol. The number of piperidine rings is 2. The van der Waals surface area contributed by atoms with Crippen LogP contribution in [0.25, 0.3) is 0 Å². The molecule has 5 atom stereocenters. The largest absolute Gasteiger partial charge is 0.469 e. The zero-order valence-corrected chi connectivity index (χ0v) is 18.4. The molecule has 4 aliphatic rings. The van der Waals surface area contributed by atoms with Gasteiger partial charge in [0.05, 0.1) is 7.11 Å². The molecule has 1 aromatic rings. The van der Waals surface area contributed by atoms with Gasteiger partial charge in [-0.25, -0.2) is 0 Å². The molecule has 4 bridgehead atoms. The van der Waals surface area contributed by atoms with Crippen LogP contribution in [0, 0.1) is 23.7 Å². The molecule has 0 spiro atoms. The van der Waals surface area contributed by atoms with Gasteiger partial charge >= 0.3 is 5.97 Å². The van der Waals surface area contributed by atoms with E-state index in [1.165, 1.54) is 7.11 Å². The molecule has 4 fully saturated rings. The molecule has 0 aromatic heterocycles. The van der Waals surface area contributed by atoms with Crippen molar-refractivity contribution in [2.45, 2.75) is 51.2 Å². The Bertz CT molecular complexity index is 768. The Labute approximate surface area is 179 Å². The number of likely N-dealkylation sites (tertiary alicyclic amines) is 1. The normalized spacial score (nSPS) is 32.4. The van der Waals surface area contributed by atoms with Crippen LogP contribution in [-0.4, -0.2) is 55.1 Å². The Morgan fingerprint density at radius 2 is 2.07 bits per heavy atom. The number of rotatable bonds is 8. The van der Waals surface area contributed by atoms with Gasteiger partial charge in [-0.3, -0.25) is 14.5 Å². The van der Waals surface area contributed by atoms with Gasteiger partial charge in [-0.05, 0) is 42.7 Å². The fourth-order valence-electron chi connectivity index (χ4n) is 6.28. The van der Waals surface area contributed by atoms with E-state index in [1.54, 1.807) is 0 Å². The Balaban J connectivity index is 1.58. The van der Waals surface area contributed by atoms with Crippen LogP contribution in [0.1, 0.15) is 38.7 Å². The highest BCUT2D eigenvalue weighted by atomic mass is 16.5. The van der Waals surface area contributed by atoms with Crippen LogP contribution in [0.2, 0.25) is 0 Å². The first-order chi connectivity index (χ1) is 14.5. The van der Waals surface area contributed by atoms with Gasteiger partial charge in [0.2, 0.25) is 5.91 Å². The predicted molar refractivity (Wildman–Crippen MR) is 116 cm³/mol. The minimum absolute atomic E-state index is 0.119. The lowest BCUT2D eigenvalue weighted by Gasteiger charge is -2.56. The Hall–Kier alpha value is -1.92. The summed E-state index contributed by atoms with van der Waals surface area (Å²) in [5.41, 5.74) is 0.555.